The van der Waals surface area contributed by atoms with Crippen LogP contribution in [-0.2, 0) is 4.79 Å². The zero-order chi connectivity index (χ0) is 23.1. The Morgan fingerprint density at radius 2 is 1.19 bits per heavy atom. The summed E-state index contributed by atoms with van der Waals surface area (Å²) >= 11 is 0. The summed E-state index contributed by atoms with van der Waals surface area (Å²) in [5.41, 5.74) is 6.83. The molecule has 4 heteroatoms. The van der Waals surface area contributed by atoms with Crippen LogP contribution in [0.25, 0.3) is 12.2 Å². The molecule has 32 heavy (non-hydrogen) atoms. The Morgan fingerprint density at radius 3 is 1.62 bits per heavy atom. The van der Waals surface area contributed by atoms with Gasteiger partial charge in [0.05, 0.1) is 0 Å². The molecule has 0 atom stereocenters. The smallest absolute Gasteiger partial charge is 0.250 e. The molecule has 1 amide bonds. The molecular formula is C28H37N3O. The second kappa shape index (κ2) is 11.0. The lowest BCUT2D eigenvalue weighted by Gasteiger charge is -2.27. The third kappa shape index (κ3) is 5.61. The van der Waals surface area contributed by atoms with Gasteiger partial charge in [-0.1, -0.05) is 30.3 Å². The number of rotatable bonds is 8. The maximum atomic E-state index is 12.8. The molecule has 0 aromatic heterocycles. The van der Waals surface area contributed by atoms with Crippen LogP contribution >= 0.6 is 0 Å². The first-order valence-electron chi connectivity index (χ1n) is 11.8. The predicted octanol–water partition coefficient (Wildman–Crippen LogP) is 5.71. The van der Waals surface area contributed by atoms with Crippen LogP contribution in [-0.4, -0.2) is 50.6 Å². The molecule has 0 unspecified atom stereocenters. The van der Waals surface area contributed by atoms with E-state index in [1.165, 1.54) is 22.5 Å². The van der Waals surface area contributed by atoms with Gasteiger partial charge in [-0.2, -0.15) is 0 Å². The molecule has 1 heterocycles. The van der Waals surface area contributed by atoms with Crippen LogP contribution in [0.5, 0.6) is 0 Å². The molecule has 170 valence electrons. The Balaban J connectivity index is 1.79. The van der Waals surface area contributed by atoms with Crippen LogP contribution in [0.4, 0.5) is 11.4 Å². The lowest BCUT2D eigenvalue weighted by Crippen LogP contribution is -2.34. The van der Waals surface area contributed by atoms with Crippen LogP contribution in [0.2, 0.25) is 0 Å². The van der Waals surface area contributed by atoms with Crippen LogP contribution < -0.4 is 9.80 Å². The molecule has 0 radical (unpaired) electrons. The molecule has 3 rings (SSSR count). The highest BCUT2D eigenvalue weighted by atomic mass is 16.2. The minimum atomic E-state index is 0.117. The van der Waals surface area contributed by atoms with Crippen molar-refractivity contribution in [2.45, 2.75) is 34.1 Å². The average Bonchev–Trinajstić information content (AvgIpc) is 2.81. The van der Waals surface area contributed by atoms with Gasteiger partial charge in [0.2, 0.25) is 5.91 Å². The van der Waals surface area contributed by atoms with Crippen molar-refractivity contribution in [2.75, 3.05) is 49.6 Å². The fraction of sp³-hybridized carbons (Fsp3) is 0.393. The molecule has 1 aliphatic heterocycles. The fourth-order valence-corrected chi connectivity index (χ4v) is 4.38. The molecule has 4 nitrogen and oxygen atoms in total. The monoisotopic (exact) mass is 431 g/mol. The van der Waals surface area contributed by atoms with E-state index in [-0.39, 0.29) is 5.91 Å². The zero-order valence-corrected chi connectivity index (χ0v) is 20.3. The lowest BCUT2D eigenvalue weighted by molar-refractivity contribution is -0.126. The number of piperidine rings is 1. The van der Waals surface area contributed by atoms with E-state index in [1.807, 2.05) is 18.0 Å². The van der Waals surface area contributed by atoms with Crippen LogP contribution in [0.3, 0.4) is 0 Å². The molecule has 2 aromatic rings. The van der Waals surface area contributed by atoms with E-state index in [1.54, 1.807) is 0 Å². The Kier molecular flexibility index (Phi) is 8.15. The maximum absolute atomic E-state index is 12.8. The standard InChI is InChI=1S/C28H37N3O/c1-6-30(7-2)26-14-10-22(11-15-26)18-24-20-25(28(32)29(5)21-24)19-23-12-16-27(17-13-23)31(8-3)9-4/h10-19H,6-9,20-21H2,1-5H3/b24-18+,25-19-. The highest BCUT2D eigenvalue weighted by Crippen LogP contribution is 2.26. The summed E-state index contributed by atoms with van der Waals surface area (Å²) in [5, 5.41) is 0. The summed E-state index contributed by atoms with van der Waals surface area (Å²) in [6, 6.07) is 17.2. The van der Waals surface area contributed by atoms with Gasteiger partial charge in [-0.25, -0.2) is 0 Å². The number of benzene rings is 2. The number of amides is 1. The highest BCUT2D eigenvalue weighted by molar-refractivity contribution is 5.99. The third-order valence-corrected chi connectivity index (χ3v) is 6.23. The minimum absolute atomic E-state index is 0.117. The second-order valence-electron chi connectivity index (χ2n) is 8.34. The van der Waals surface area contributed by atoms with Gasteiger partial charge >= 0.3 is 0 Å². The van der Waals surface area contributed by atoms with Crippen molar-refractivity contribution in [1.82, 2.24) is 4.90 Å². The van der Waals surface area contributed by atoms with Gasteiger partial charge in [-0.15, -0.1) is 0 Å². The van der Waals surface area contributed by atoms with E-state index in [0.717, 1.165) is 37.3 Å². The quantitative estimate of drug-likeness (QED) is 0.501. The average molecular weight is 432 g/mol. The van der Waals surface area contributed by atoms with E-state index in [2.05, 4.69) is 92.1 Å². The van der Waals surface area contributed by atoms with Crippen molar-refractivity contribution in [3.63, 3.8) is 0 Å². The van der Waals surface area contributed by atoms with Crippen molar-refractivity contribution >= 4 is 29.4 Å². The van der Waals surface area contributed by atoms with Gasteiger partial charge in [0, 0.05) is 63.1 Å². The molecule has 0 aliphatic carbocycles. The second-order valence-corrected chi connectivity index (χ2v) is 8.34. The summed E-state index contributed by atoms with van der Waals surface area (Å²) in [7, 11) is 1.89. The first-order valence-corrected chi connectivity index (χ1v) is 11.8. The minimum Gasteiger partial charge on any atom is -0.372 e. The first-order chi connectivity index (χ1) is 15.5. The molecule has 1 saturated heterocycles. The Labute approximate surface area is 193 Å². The number of carbonyl (C=O) groups excluding carboxylic acids is 1. The summed E-state index contributed by atoms with van der Waals surface area (Å²) < 4.78 is 0. The van der Waals surface area contributed by atoms with Crippen LogP contribution in [0, 0.1) is 0 Å². The number of hydrogen-bond donors (Lipinski definition) is 0. The molecule has 0 saturated carbocycles. The topological polar surface area (TPSA) is 26.8 Å². The summed E-state index contributed by atoms with van der Waals surface area (Å²) in [6.45, 7) is 13.4. The van der Waals surface area contributed by atoms with Crippen molar-refractivity contribution in [3.8, 4) is 0 Å². The molecule has 2 aromatic carbocycles. The Morgan fingerprint density at radius 1 is 0.750 bits per heavy atom. The number of likely N-dealkylation sites (tertiary alicyclic amines) is 1. The fourth-order valence-electron chi connectivity index (χ4n) is 4.38. The Hall–Kier alpha value is -3.01. The van der Waals surface area contributed by atoms with Gasteiger partial charge < -0.3 is 14.7 Å². The SMILES string of the molecule is CCN(CC)c1ccc(/C=C2/C/C(=C\c3ccc(N(CC)CC)cc3)CN(C)C2=O)cc1. The molecule has 1 fully saturated rings. The molecule has 0 bridgehead atoms. The summed E-state index contributed by atoms with van der Waals surface area (Å²) in [4.78, 5) is 19.3. The maximum Gasteiger partial charge on any atom is 0.250 e. The van der Waals surface area contributed by atoms with E-state index in [9.17, 15) is 4.79 Å². The Bertz CT molecular complexity index is 949. The number of hydrogen-bond acceptors (Lipinski definition) is 3. The highest BCUT2D eigenvalue weighted by Gasteiger charge is 2.23. The van der Waals surface area contributed by atoms with Crippen molar-refractivity contribution < 1.29 is 4.79 Å². The zero-order valence-electron chi connectivity index (χ0n) is 20.3. The molecular weight excluding hydrogens is 394 g/mol. The molecule has 0 N–H and O–H groups in total. The van der Waals surface area contributed by atoms with E-state index >= 15 is 0 Å². The first kappa shape index (κ1) is 23.6. The number of carbonyl (C=O) groups is 1. The van der Waals surface area contributed by atoms with Crippen LogP contribution in [0.15, 0.2) is 59.7 Å². The van der Waals surface area contributed by atoms with Crippen molar-refractivity contribution in [3.05, 3.63) is 70.8 Å². The van der Waals surface area contributed by atoms with Gasteiger partial charge in [0.25, 0.3) is 0 Å². The van der Waals surface area contributed by atoms with E-state index in [0.29, 0.717) is 13.0 Å². The normalized spacial score (nSPS) is 16.7. The van der Waals surface area contributed by atoms with E-state index < -0.39 is 0 Å². The number of anilines is 2. The number of likely N-dealkylation sites (N-methyl/N-ethyl adjacent to an activating group) is 1. The van der Waals surface area contributed by atoms with Crippen LogP contribution in [0.1, 0.15) is 45.2 Å². The van der Waals surface area contributed by atoms with Gasteiger partial charge in [0.15, 0.2) is 0 Å². The van der Waals surface area contributed by atoms with Gasteiger partial charge in [0.1, 0.15) is 0 Å². The largest absolute Gasteiger partial charge is 0.372 e. The summed E-state index contributed by atoms with van der Waals surface area (Å²) in [6.07, 6.45) is 4.96. The predicted molar refractivity (Wildman–Crippen MR) is 138 cm³/mol. The van der Waals surface area contributed by atoms with Crippen molar-refractivity contribution in [1.29, 1.82) is 0 Å². The number of nitrogens with zero attached hydrogens (tertiary/aromatic N) is 3. The lowest BCUT2D eigenvalue weighted by atomic mass is 9.95. The summed E-state index contributed by atoms with van der Waals surface area (Å²) in [5.74, 6) is 0.117. The van der Waals surface area contributed by atoms with Gasteiger partial charge in [-0.3, -0.25) is 4.79 Å². The van der Waals surface area contributed by atoms with E-state index in [4.69, 9.17) is 0 Å². The molecule has 0 spiro atoms. The van der Waals surface area contributed by atoms with Gasteiger partial charge in [-0.05, 0) is 74.7 Å². The third-order valence-electron chi connectivity index (χ3n) is 6.23. The molecule has 1 aliphatic rings. The van der Waals surface area contributed by atoms with Crippen molar-refractivity contribution in [2.24, 2.45) is 0 Å².